The predicted octanol–water partition coefficient (Wildman–Crippen LogP) is 10.7. The van der Waals surface area contributed by atoms with Gasteiger partial charge >= 0.3 is 0 Å². The zero-order valence-electron chi connectivity index (χ0n) is 24.1. The first kappa shape index (κ1) is 26.1. The third kappa shape index (κ3) is 3.98. The summed E-state index contributed by atoms with van der Waals surface area (Å²) in [5.41, 5.74) is 9.40. The molecule has 2 bridgehead atoms. The third-order valence-electron chi connectivity index (χ3n) is 11.5. The molecule has 0 aromatic heterocycles. The smallest absolute Gasteiger partial charge is 0.00309 e. The van der Waals surface area contributed by atoms with Crippen molar-refractivity contribution in [2.75, 3.05) is 0 Å². The van der Waals surface area contributed by atoms with Crippen molar-refractivity contribution in [3.8, 4) is 0 Å². The van der Waals surface area contributed by atoms with Gasteiger partial charge in [-0.05, 0) is 112 Å². The van der Waals surface area contributed by atoms with Crippen LogP contribution in [0.25, 0.3) is 0 Å². The van der Waals surface area contributed by atoms with E-state index in [9.17, 15) is 0 Å². The van der Waals surface area contributed by atoms with Gasteiger partial charge in [-0.15, -0.1) is 0 Å². The second kappa shape index (κ2) is 8.02. The molecule has 0 N–H and O–H groups in total. The van der Waals surface area contributed by atoms with Crippen LogP contribution in [0.1, 0.15) is 147 Å². The summed E-state index contributed by atoms with van der Waals surface area (Å²) < 4.78 is 0. The maximum atomic E-state index is 2.55. The van der Waals surface area contributed by atoms with E-state index in [2.05, 4.69) is 83.1 Å². The lowest BCUT2D eigenvalue weighted by Gasteiger charge is -2.45. The van der Waals surface area contributed by atoms with Crippen LogP contribution in [-0.2, 0) is 0 Å². The van der Waals surface area contributed by atoms with E-state index in [1.807, 2.05) is 0 Å². The Labute approximate surface area is 202 Å². The highest BCUT2D eigenvalue weighted by Crippen LogP contribution is 2.71. The Bertz CT molecular complexity index is 781. The van der Waals surface area contributed by atoms with Crippen LogP contribution in [0.15, 0.2) is 22.3 Å². The molecule has 3 aliphatic rings. The van der Waals surface area contributed by atoms with Gasteiger partial charge in [0.05, 0.1) is 0 Å². The normalized spacial score (nSPS) is 31.5. The zero-order chi connectivity index (χ0) is 24.4. The first-order valence-electron chi connectivity index (χ1n) is 13.8. The second-order valence-corrected chi connectivity index (χ2v) is 15.3. The van der Waals surface area contributed by atoms with Gasteiger partial charge in [-0.25, -0.2) is 0 Å². The largest absolute Gasteiger partial charge is 0.0733 e. The van der Waals surface area contributed by atoms with E-state index in [0.717, 1.165) is 0 Å². The van der Waals surface area contributed by atoms with Gasteiger partial charge in [0.25, 0.3) is 0 Å². The molecular formula is C32H56. The van der Waals surface area contributed by atoms with Crippen LogP contribution in [0.2, 0.25) is 0 Å². The van der Waals surface area contributed by atoms with Crippen molar-refractivity contribution < 1.29 is 0 Å². The van der Waals surface area contributed by atoms with Gasteiger partial charge in [-0.2, -0.15) is 0 Å². The van der Waals surface area contributed by atoms with Crippen LogP contribution in [0.3, 0.4) is 0 Å². The van der Waals surface area contributed by atoms with E-state index in [4.69, 9.17) is 0 Å². The molecule has 0 aromatic rings. The number of hydrogen-bond donors (Lipinski definition) is 0. The first-order valence-corrected chi connectivity index (χ1v) is 13.8. The van der Waals surface area contributed by atoms with Gasteiger partial charge in [-0.3, -0.25) is 0 Å². The lowest BCUT2D eigenvalue weighted by atomic mass is 9.60. The molecule has 0 radical (unpaired) electrons. The number of hydrogen-bond acceptors (Lipinski definition) is 0. The number of fused-ring (bicyclic) bond motifs is 2. The van der Waals surface area contributed by atoms with Crippen molar-refractivity contribution >= 4 is 0 Å². The Hall–Kier alpha value is -0.520. The van der Waals surface area contributed by atoms with E-state index >= 15 is 0 Å². The molecule has 0 nitrogen and oxygen atoms in total. The van der Waals surface area contributed by atoms with Gasteiger partial charge in [0, 0.05) is 0 Å². The summed E-state index contributed by atoms with van der Waals surface area (Å²) in [6.07, 6.45) is 13.8. The fraction of sp³-hybridized carbons (Fsp3) is 0.875. The zero-order valence-corrected chi connectivity index (χ0v) is 24.1. The Morgan fingerprint density at radius 2 is 1.31 bits per heavy atom. The molecule has 0 aliphatic heterocycles. The van der Waals surface area contributed by atoms with Crippen molar-refractivity contribution in [1.29, 1.82) is 0 Å². The third-order valence-corrected chi connectivity index (χ3v) is 11.5. The minimum Gasteiger partial charge on any atom is -0.0733 e. The van der Waals surface area contributed by atoms with Crippen molar-refractivity contribution in [3.63, 3.8) is 0 Å². The van der Waals surface area contributed by atoms with Gasteiger partial charge in [0.2, 0.25) is 0 Å². The minimum absolute atomic E-state index is 0.362. The van der Waals surface area contributed by atoms with Crippen molar-refractivity contribution in [3.05, 3.63) is 22.3 Å². The van der Waals surface area contributed by atoms with Gasteiger partial charge in [-0.1, -0.05) is 90.5 Å². The van der Waals surface area contributed by atoms with Crippen LogP contribution in [0.4, 0.5) is 0 Å². The highest BCUT2D eigenvalue weighted by Gasteiger charge is 2.60. The monoisotopic (exact) mass is 440 g/mol. The molecule has 2 saturated carbocycles. The summed E-state index contributed by atoms with van der Waals surface area (Å²) in [5.74, 6) is 0. The Balaban J connectivity index is 1.76. The average Bonchev–Trinajstić information content (AvgIpc) is 3.34. The molecule has 0 spiro atoms. The fourth-order valence-corrected chi connectivity index (χ4v) is 8.80. The Kier molecular flexibility index (Phi) is 6.54. The van der Waals surface area contributed by atoms with Crippen molar-refractivity contribution in [2.45, 2.75) is 147 Å². The van der Waals surface area contributed by atoms with Gasteiger partial charge in [0.15, 0.2) is 0 Å². The summed E-state index contributed by atoms with van der Waals surface area (Å²) in [6, 6.07) is 0. The molecule has 0 amide bonds. The molecule has 0 aromatic carbocycles. The molecule has 32 heavy (non-hydrogen) atoms. The van der Waals surface area contributed by atoms with Crippen molar-refractivity contribution in [2.24, 2.45) is 32.5 Å². The van der Waals surface area contributed by atoms with E-state index in [1.54, 1.807) is 22.3 Å². The molecular weight excluding hydrogens is 384 g/mol. The number of rotatable bonds is 6. The van der Waals surface area contributed by atoms with Gasteiger partial charge in [0.1, 0.15) is 0 Å². The van der Waals surface area contributed by atoms with E-state index in [-0.39, 0.29) is 0 Å². The second-order valence-electron chi connectivity index (χ2n) is 15.3. The molecule has 2 atom stereocenters. The average molecular weight is 441 g/mol. The molecule has 0 saturated heterocycles. The Morgan fingerprint density at radius 3 is 1.78 bits per heavy atom. The maximum Gasteiger partial charge on any atom is -0.00309 e. The summed E-state index contributed by atoms with van der Waals surface area (Å²) in [4.78, 5) is 0. The van der Waals surface area contributed by atoms with Crippen molar-refractivity contribution in [1.82, 2.24) is 0 Å². The van der Waals surface area contributed by atoms with E-state index < -0.39 is 0 Å². The summed E-state index contributed by atoms with van der Waals surface area (Å²) in [6.45, 7) is 29.9. The first-order chi connectivity index (χ1) is 14.4. The lowest BCUT2D eigenvalue weighted by Crippen LogP contribution is -2.35. The molecule has 0 heterocycles. The molecule has 2 unspecified atom stereocenters. The molecule has 2 fully saturated rings. The topological polar surface area (TPSA) is 0 Å². The molecule has 0 heteroatoms. The SMILES string of the molecule is CC1=C(C)C2(C(C)(C)C)CCC1(CCC(C)(C)C/C(C)=C(/C)C1(C(C)(C)C)CCCC1)C2. The predicted molar refractivity (Wildman–Crippen MR) is 143 cm³/mol. The van der Waals surface area contributed by atoms with Crippen LogP contribution >= 0.6 is 0 Å². The molecule has 3 aliphatic carbocycles. The minimum atomic E-state index is 0.362. The Morgan fingerprint density at radius 1 is 0.750 bits per heavy atom. The standard InChI is InChI=1S/C32H56/c1-23(24(2)31(27(5,6)7)15-13-14-16-31)21-29(11,12)17-18-30-19-20-32(22-30,28(8,9)10)26(4)25(30)3/h13-22H2,1-12H3/b24-23-. The number of allylic oxidation sites excluding steroid dienone is 4. The molecule has 184 valence electrons. The van der Waals surface area contributed by atoms with Crippen LogP contribution in [0.5, 0.6) is 0 Å². The van der Waals surface area contributed by atoms with E-state index in [1.165, 1.54) is 64.2 Å². The van der Waals surface area contributed by atoms with Crippen LogP contribution < -0.4 is 0 Å². The molecule has 3 rings (SSSR count). The highest BCUT2D eigenvalue weighted by atomic mass is 14.6. The fourth-order valence-electron chi connectivity index (χ4n) is 8.80. The van der Waals surface area contributed by atoms with E-state index in [0.29, 0.717) is 32.5 Å². The van der Waals surface area contributed by atoms with Gasteiger partial charge < -0.3 is 0 Å². The van der Waals surface area contributed by atoms with Crippen LogP contribution in [0, 0.1) is 32.5 Å². The summed E-state index contributed by atoms with van der Waals surface area (Å²) in [7, 11) is 0. The maximum absolute atomic E-state index is 2.55. The quantitative estimate of drug-likeness (QED) is 0.360. The van der Waals surface area contributed by atoms with Crippen LogP contribution in [-0.4, -0.2) is 0 Å². The lowest BCUT2D eigenvalue weighted by molar-refractivity contribution is 0.133. The summed E-state index contributed by atoms with van der Waals surface area (Å²) in [5, 5.41) is 0. The summed E-state index contributed by atoms with van der Waals surface area (Å²) >= 11 is 0. The highest BCUT2D eigenvalue weighted by molar-refractivity contribution is 5.38.